The fourth-order valence-electron chi connectivity index (χ4n) is 3.71. The van der Waals surface area contributed by atoms with Crippen LogP contribution in [0.2, 0.25) is 0 Å². The van der Waals surface area contributed by atoms with E-state index in [-0.39, 0.29) is 24.4 Å². The fourth-order valence-corrected chi connectivity index (χ4v) is 3.71. The average molecular weight is 378 g/mol. The fraction of sp³-hybridized carbons (Fsp3) is 0.667. The monoisotopic (exact) mass is 378 g/mol. The number of amides is 1. The third kappa shape index (κ3) is 5.91. The second kappa shape index (κ2) is 9.51. The van der Waals surface area contributed by atoms with Gasteiger partial charge in [-0.05, 0) is 56.0 Å². The van der Waals surface area contributed by atoms with Crippen LogP contribution >= 0.6 is 0 Å². The molecule has 0 spiro atoms. The van der Waals surface area contributed by atoms with Gasteiger partial charge in [0, 0.05) is 19.1 Å². The summed E-state index contributed by atoms with van der Waals surface area (Å²) in [6.45, 7) is 8.82. The van der Waals surface area contributed by atoms with E-state index in [0.29, 0.717) is 24.9 Å². The minimum Gasteiger partial charge on any atom is -0.491 e. The highest BCUT2D eigenvalue weighted by Crippen LogP contribution is 2.21. The molecule has 6 heteroatoms. The highest BCUT2D eigenvalue weighted by Gasteiger charge is 2.33. The molecule has 0 saturated carbocycles. The maximum absolute atomic E-state index is 13.0. The molecule has 1 amide bonds. The Balaban J connectivity index is 1.46. The van der Waals surface area contributed by atoms with Gasteiger partial charge < -0.3 is 19.3 Å². The van der Waals surface area contributed by atoms with Crippen LogP contribution in [-0.2, 0) is 9.53 Å². The smallest absolute Gasteiger partial charge is 0.248 e. The molecule has 0 N–H and O–H groups in total. The van der Waals surface area contributed by atoms with Crippen LogP contribution in [0.4, 0.5) is 4.39 Å². The molecule has 2 aliphatic rings. The predicted octanol–water partition coefficient (Wildman–Crippen LogP) is 2.94. The molecule has 1 aromatic rings. The lowest BCUT2D eigenvalue weighted by molar-refractivity contribution is -0.155. The zero-order valence-corrected chi connectivity index (χ0v) is 16.4. The minimum atomic E-state index is -0.284. The number of hydrogen-bond acceptors (Lipinski definition) is 4. The van der Waals surface area contributed by atoms with Crippen LogP contribution in [-0.4, -0.2) is 67.2 Å². The van der Waals surface area contributed by atoms with Crippen molar-refractivity contribution >= 4 is 5.91 Å². The van der Waals surface area contributed by atoms with E-state index in [0.717, 1.165) is 38.4 Å². The Labute approximate surface area is 161 Å². The van der Waals surface area contributed by atoms with E-state index in [4.69, 9.17) is 9.47 Å². The zero-order chi connectivity index (χ0) is 19.2. The van der Waals surface area contributed by atoms with Crippen molar-refractivity contribution in [1.82, 2.24) is 9.80 Å². The average Bonchev–Trinajstić information content (AvgIpc) is 2.67. The number of ether oxygens (including phenoxy) is 2. The summed E-state index contributed by atoms with van der Waals surface area (Å²) in [5.41, 5.74) is 0. The van der Waals surface area contributed by atoms with Crippen molar-refractivity contribution in [3.63, 3.8) is 0 Å². The number of benzene rings is 1. The lowest BCUT2D eigenvalue weighted by Gasteiger charge is -2.42. The summed E-state index contributed by atoms with van der Waals surface area (Å²) in [5, 5.41) is 0. The highest BCUT2D eigenvalue weighted by atomic mass is 19.1. The van der Waals surface area contributed by atoms with Crippen LogP contribution in [0.25, 0.3) is 0 Å². The van der Waals surface area contributed by atoms with Crippen molar-refractivity contribution in [2.45, 2.75) is 45.3 Å². The van der Waals surface area contributed by atoms with E-state index >= 15 is 0 Å². The van der Waals surface area contributed by atoms with Gasteiger partial charge in [-0.25, -0.2) is 4.39 Å². The number of likely N-dealkylation sites (tertiary alicyclic amines) is 1. The van der Waals surface area contributed by atoms with E-state index in [2.05, 4.69) is 18.7 Å². The number of piperidine rings is 1. The number of carbonyl (C=O) groups excluding carboxylic acids is 1. The highest BCUT2D eigenvalue weighted by molar-refractivity contribution is 5.78. The molecule has 1 aromatic carbocycles. The van der Waals surface area contributed by atoms with Crippen LogP contribution in [0.15, 0.2) is 24.3 Å². The van der Waals surface area contributed by atoms with Crippen molar-refractivity contribution in [1.29, 1.82) is 0 Å². The molecular formula is C21H31FN2O3. The molecule has 2 fully saturated rings. The Morgan fingerprint density at radius 1 is 1.22 bits per heavy atom. The Morgan fingerprint density at radius 2 is 1.93 bits per heavy atom. The van der Waals surface area contributed by atoms with Gasteiger partial charge in [-0.1, -0.05) is 13.8 Å². The molecule has 2 aliphatic heterocycles. The molecule has 0 unspecified atom stereocenters. The van der Waals surface area contributed by atoms with Gasteiger partial charge >= 0.3 is 0 Å². The molecule has 0 bridgehead atoms. The molecule has 0 aliphatic carbocycles. The lowest BCUT2D eigenvalue weighted by atomic mass is 10.0. The second-order valence-electron chi connectivity index (χ2n) is 8.00. The van der Waals surface area contributed by atoms with Crippen molar-refractivity contribution < 1.29 is 18.7 Å². The third-order valence-corrected chi connectivity index (χ3v) is 5.43. The van der Waals surface area contributed by atoms with Gasteiger partial charge in [0.1, 0.15) is 30.9 Å². The first-order valence-electron chi connectivity index (χ1n) is 10.0. The summed E-state index contributed by atoms with van der Waals surface area (Å²) in [6.07, 6.45) is 3.13. The molecule has 0 aromatic heterocycles. The van der Waals surface area contributed by atoms with Gasteiger partial charge in [0.2, 0.25) is 5.91 Å². The first kappa shape index (κ1) is 20.1. The summed E-state index contributed by atoms with van der Waals surface area (Å²) >= 11 is 0. The van der Waals surface area contributed by atoms with E-state index < -0.39 is 0 Å². The quantitative estimate of drug-likeness (QED) is 0.732. The van der Waals surface area contributed by atoms with E-state index in [1.807, 2.05) is 4.90 Å². The minimum absolute atomic E-state index is 0.0775. The molecule has 3 rings (SSSR count). The topological polar surface area (TPSA) is 42.0 Å². The van der Waals surface area contributed by atoms with Crippen LogP contribution < -0.4 is 4.74 Å². The van der Waals surface area contributed by atoms with Gasteiger partial charge in [-0.15, -0.1) is 0 Å². The van der Waals surface area contributed by atoms with Gasteiger partial charge in [-0.3, -0.25) is 4.79 Å². The summed E-state index contributed by atoms with van der Waals surface area (Å²) in [6, 6.07) is 6.26. The van der Waals surface area contributed by atoms with Crippen molar-refractivity contribution in [2.75, 3.05) is 39.4 Å². The third-order valence-electron chi connectivity index (χ3n) is 5.43. The first-order valence-corrected chi connectivity index (χ1v) is 10.0. The maximum atomic E-state index is 13.0. The second-order valence-corrected chi connectivity index (χ2v) is 8.00. The molecule has 150 valence electrons. The van der Waals surface area contributed by atoms with Crippen LogP contribution in [0.3, 0.4) is 0 Å². The Bertz CT molecular complexity index is 600. The van der Waals surface area contributed by atoms with Gasteiger partial charge in [0.25, 0.3) is 0 Å². The summed E-state index contributed by atoms with van der Waals surface area (Å²) in [4.78, 5) is 16.9. The van der Waals surface area contributed by atoms with E-state index in [1.165, 1.54) is 18.6 Å². The number of rotatable bonds is 7. The molecule has 27 heavy (non-hydrogen) atoms. The van der Waals surface area contributed by atoms with Crippen LogP contribution in [0.1, 0.15) is 33.1 Å². The number of nitrogens with zero attached hydrogens (tertiary/aromatic N) is 2. The molecule has 0 radical (unpaired) electrons. The molecule has 2 heterocycles. The Hall–Kier alpha value is -1.66. The largest absolute Gasteiger partial charge is 0.491 e. The van der Waals surface area contributed by atoms with Crippen LogP contribution in [0, 0.1) is 11.7 Å². The molecule has 5 nitrogen and oxygen atoms in total. The lowest BCUT2D eigenvalue weighted by Crippen LogP contribution is -2.55. The van der Waals surface area contributed by atoms with E-state index in [9.17, 15) is 9.18 Å². The Kier molecular flexibility index (Phi) is 7.07. The number of halogens is 1. The molecule has 1 atom stereocenters. The van der Waals surface area contributed by atoms with Crippen LogP contribution in [0.5, 0.6) is 5.75 Å². The van der Waals surface area contributed by atoms with Gasteiger partial charge in [-0.2, -0.15) is 0 Å². The maximum Gasteiger partial charge on any atom is 0.248 e. The van der Waals surface area contributed by atoms with Crippen molar-refractivity contribution in [3.05, 3.63) is 30.1 Å². The van der Waals surface area contributed by atoms with Gasteiger partial charge in [0.15, 0.2) is 0 Å². The van der Waals surface area contributed by atoms with Crippen molar-refractivity contribution in [2.24, 2.45) is 5.92 Å². The molecular weight excluding hydrogens is 347 g/mol. The van der Waals surface area contributed by atoms with Gasteiger partial charge in [0.05, 0.1) is 6.54 Å². The predicted molar refractivity (Wildman–Crippen MR) is 102 cm³/mol. The summed E-state index contributed by atoms with van der Waals surface area (Å²) < 4.78 is 24.3. The van der Waals surface area contributed by atoms with Crippen molar-refractivity contribution in [3.8, 4) is 5.75 Å². The standard InChI is InChI=1S/C21H31FN2O3/c1-16(2)7-10-23-11-8-18(9-12-23)24-13-20(27-15-21(24)25)14-26-19-5-3-17(22)4-6-19/h3-6,16,18,20H,7-15H2,1-2H3/t20-/m1/s1. The number of hydrogen-bond donors (Lipinski definition) is 0. The number of morpholine rings is 1. The summed E-state index contributed by atoms with van der Waals surface area (Å²) in [5.74, 6) is 1.13. The Morgan fingerprint density at radius 3 is 2.59 bits per heavy atom. The zero-order valence-electron chi connectivity index (χ0n) is 16.4. The molecule has 2 saturated heterocycles. The first-order chi connectivity index (χ1) is 13.0. The number of carbonyl (C=O) groups is 1. The SMILES string of the molecule is CC(C)CCN1CCC(N2C[C@H](COc3ccc(F)cc3)OCC2=O)CC1. The normalized spacial score (nSPS) is 22.4. The van der Waals surface area contributed by atoms with E-state index in [1.54, 1.807) is 12.1 Å². The summed E-state index contributed by atoms with van der Waals surface area (Å²) in [7, 11) is 0.